The summed E-state index contributed by atoms with van der Waals surface area (Å²) in [5.74, 6) is -0.0485. The zero-order valence-electron chi connectivity index (χ0n) is 17.8. The van der Waals surface area contributed by atoms with E-state index in [-0.39, 0.29) is 11.4 Å². The van der Waals surface area contributed by atoms with Gasteiger partial charge in [0, 0.05) is 23.2 Å². The van der Waals surface area contributed by atoms with E-state index in [1.807, 2.05) is 37.3 Å². The molecule has 1 amide bonds. The smallest absolute Gasteiger partial charge is 0.252 e. The summed E-state index contributed by atoms with van der Waals surface area (Å²) < 4.78 is 0. The monoisotopic (exact) mass is 410 g/mol. The first kappa shape index (κ1) is 19.5. The van der Waals surface area contributed by atoms with Gasteiger partial charge < -0.3 is 10.6 Å². The molecule has 1 saturated heterocycles. The normalized spacial score (nSPS) is 18.4. The summed E-state index contributed by atoms with van der Waals surface area (Å²) in [6.45, 7) is 5.73. The number of aryl methyl sites for hydroxylation is 2. The van der Waals surface area contributed by atoms with Gasteiger partial charge in [-0.05, 0) is 67.8 Å². The van der Waals surface area contributed by atoms with Crippen molar-refractivity contribution < 1.29 is 4.79 Å². The molecule has 1 aliphatic heterocycles. The van der Waals surface area contributed by atoms with Crippen molar-refractivity contribution in [2.75, 3.05) is 13.1 Å². The van der Waals surface area contributed by atoms with Crippen molar-refractivity contribution in [2.45, 2.75) is 25.8 Å². The summed E-state index contributed by atoms with van der Waals surface area (Å²) in [5.41, 5.74) is 6.72. The Kier molecular flexibility index (Phi) is 4.83. The lowest BCUT2D eigenvalue weighted by Gasteiger charge is -2.30. The number of aromatic nitrogens is 2. The average Bonchev–Trinajstić information content (AvgIpc) is 3.41. The standard InChI is InChI=1S/C26H26N4O/c1-17-5-3-8-22(13-17)26(11-12-27-16-26)28-25(31)21-7-4-6-19(14-21)20-9-10-24-23(15-20)18(2)29-30-24/h3-10,13-15,27H,11-12,16H2,1-2H3,(H,28,31)(H,29,30). The lowest BCUT2D eigenvalue weighted by molar-refractivity contribution is 0.0904. The van der Waals surface area contributed by atoms with Crippen molar-refractivity contribution in [1.29, 1.82) is 0 Å². The highest BCUT2D eigenvalue weighted by Gasteiger charge is 2.37. The van der Waals surface area contributed by atoms with Gasteiger partial charge in [0.1, 0.15) is 0 Å². The zero-order chi connectivity index (χ0) is 21.4. The molecular weight excluding hydrogens is 384 g/mol. The number of carbonyl (C=O) groups excluding carboxylic acids is 1. The molecule has 31 heavy (non-hydrogen) atoms. The van der Waals surface area contributed by atoms with Crippen LogP contribution in [0.4, 0.5) is 0 Å². The maximum atomic E-state index is 13.3. The Morgan fingerprint density at radius 2 is 1.84 bits per heavy atom. The van der Waals surface area contributed by atoms with Gasteiger partial charge in [-0.15, -0.1) is 0 Å². The number of nitrogens with one attached hydrogen (secondary N) is 3. The molecule has 5 nitrogen and oxygen atoms in total. The number of fused-ring (bicyclic) bond motifs is 1. The molecule has 0 radical (unpaired) electrons. The molecule has 0 spiro atoms. The first-order valence-electron chi connectivity index (χ1n) is 10.7. The van der Waals surface area contributed by atoms with Crippen molar-refractivity contribution >= 4 is 16.8 Å². The first-order chi connectivity index (χ1) is 15.0. The Morgan fingerprint density at radius 3 is 2.65 bits per heavy atom. The highest BCUT2D eigenvalue weighted by Crippen LogP contribution is 2.30. The fraction of sp³-hybridized carbons (Fsp3) is 0.231. The van der Waals surface area contributed by atoms with Crippen LogP contribution in [-0.2, 0) is 5.54 Å². The van der Waals surface area contributed by atoms with Crippen LogP contribution in [0.5, 0.6) is 0 Å². The number of nitrogens with zero attached hydrogens (tertiary/aromatic N) is 1. The zero-order valence-corrected chi connectivity index (χ0v) is 17.8. The fourth-order valence-electron chi connectivity index (χ4n) is 4.51. The van der Waals surface area contributed by atoms with E-state index in [1.54, 1.807) is 0 Å². The third kappa shape index (κ3) is 3.62. The van der Waals surface area contributed by atoms with Gasteiger partial charge >= 0.3 is 0 Å². The number of rotatable bonds is 4. The quantitative estimate of drug-likeness (QED) is 0.465. The summed E-state index contributed by atoms with van der Waals surface area (Å²) in [6, 6.07) is 22.5. The first-order valence-corrected chi connectivity index (χ1v) is 10.7. The van der Waals surface area contributed by atoms with Gasteiger partial charge in [-0.2, -0.15) is 5.10 Å². The van der Waals surface area contributed by atoms with E-state index in [0.29, 0.717) is 5.56 Å². The lowest BCUT2D eigenvalue weighted by Crippen LogP contribution is -2.47. The Bertz CT molecular complexity index is 1270. The average molecular weight is 411 g/mol. The minimum Gasteiger partial charge on any atom is -0.341 e. The van der Waals surface area contributed by atoms with Crippen molar-refractivity contribution in [1.82, 2.24) is 20.8 Å². The molecule has 1 fully saturated rings. The third-order valence-electron chi connectivity index (χ3n) is 6.28. The highest BCUT2D eigenvalue weighted by molar-refractivity contribution is 5.96. The molecule has 3 N–H and O–H groups in total. The molecule has 2 heterocycles. The predicted octanol–water partition coefficient (Wildman–Crippen LogP) is 4.47. The minimum atomic E-state index is -0.383. The molecule has 0 saturated carbocycles. The molecule has 1 atom stereocenters. The molecule has 1 unspecified atom stereocenters. The fourth-order valence-corrected chi connectivity index (χ4v) is 4.51. The third-order valence-corrected chi connectivity index (χ3v) is 6.28. The van der Waals surface area contributed by atoms with Crippen LogP contribution < -0.4 is 10.6 Å². The molecule has 1 aliphatic rings. The second-order valence-corrected chi connectivity index (χ2v) is 8.49. The summed E-state index contributed by atoms with van der Waals surface area (Å²) in [5, 5.41) is 15.2. The van der Waals surface area contributed by atoms with E-state index in [9.17, 15) is 4.79 Å². The second-order valence-electron chi connectivity index (χ2n) is 8.49. The van der Waals surface area contributed by atoms with Gasteiger partial charge in [-0.25, -0.2) is 0 Å². The van der Waals surface area contributed by atoms with Crippen LogP contribution in [0.1, 0.15) is 33.6 Å². The maximum Gasteiger partial charge on any atom is 0.252 e. The number of aromatic amines is 1. The van der Waals surface area contributed by atoms with Crippen LogP contribution in [0.2, 0.25) is 0 Å². The van der Waals surface area contributed by atoms with Crippen molar-refractivity contribution in [3.8, 4) is 11.1 Å². The highest BCUT2D eigenvalue weighted by atomic mass is 16.1. The maximum absolute atomic E-state index is 13.3. The Morgan fingerprint density at radius 1 is 1.00 bits per heavy atom. The Labute approximate surface area is 181 Å². The van der Waals surface area contributed by atoms with Crippen LogP contribution in [0.3, 0.4) is 0 Å². The van der Waals surface area contributed by atoms with Gasteiger partial charge in [-0.1, -0.05) is 48.0 Å². The molecule has 3 aromatic carbocycles. The van der Waals surface area contributed by atoms with Crippen molar-refractivity contribution in [3.05, 3.63) is 89.1 Å². The van der Waals surface area contributed by atoms with Gasteiger partial charge in [-0.3, -0.25) is 9.89 Å². The largest absolute Gasteiger partial charge is 0.341 e. The van der Waals surface area contributed by atoms with E-state index < -0.39 is 0 Å². The summed E-state index contributed by atoms with van der Waals surface area (Å²) >= 11 is 0. The molecule has 5 rings (SSSR count). The molecule has 1 aromatic heterocycles. The van der Waals surface area contributed by atoms with Crippen LogP contribution >= 0.6 is 0 Å². The number of benzene rings is 3. The van der Waals surface area contributed by atoms with E-state index in [4.69, 9.17) is 0 Å². The number of hydrogen-bond acceptors (Lipinski definition) is 3. The van der Waals surface area contributed by atoms with Crippen LogP contribution in [0, 0.1) is 13.8 Å². The van der Waals surface area contributed by atoms with Crippen molar-refractivity contribution in [2.24, 2.45) is 0 Å². The topological polar surface area (TPSA) is 69.8 Å². The molecule has 156 valence electrons. The van der Waals surface area contributed by atoms with Crippen LogP contribution in [0.25, 0.3) is 22.0 Å². The predicted molar refractivity (Wildman–Crippen MR) is 124 cm³/mol. The van der Waals surface area contributed by atoms with E-state index >= 15 is 0 Å². The molecule has 0 bridgehead atoms. The molecule has 0 aliphatic carbocycles. The second kappa shape index (κ2) is 7.67. The minimum absolute atomic E-state index is 0.0485. The SMILES string of the molecule is Cc1cccc(C2(NC(=O)c3cccc(-c4ccc5n[nH]c(C)c5c4)c3)CCNC2)c1. The number of carbonyl (C=O) groups is 1. The van der Waals surface area contributed by atoms with Crippen LogP contribution in [-0.4, -0.2) is 29.2 Å². The van der Waals surface area contributed by atoms with Crippen LogP contribution in [0.15, 0.2) is 66.7 Å². The summed E-state index contributed by atoms with van der Waals surface area (Å²) in [6.07, 6.45) is 0.873. The van der Waals surface area contributed by atoms with E-state index in [1.165, 1.54) is 5.56 Å². The number of H-pyrrole nitrogens is 1. The number of amides is 1. The molecule has 4 aromatic rings. The van der Waals surface area contributed by atoms with E-state index in [0.717, 1.165) is 52.8 Å². The van der Waals surface area contributed by atoms with Gasteiger partial charge in [0.05, 0.1) is 11.1 Å². The Balaban J connectivity index is 1.46. The summed E-state index contributed by atoms with van der Waals surface area (Å²) in [4.78, 5) is 13.3. The van der Waals surface area contributed by atoms with E-state index in [2.05, 4.69) is 64.2 Å². The van der Waals surface area contributed by atoms with Gasteiger partial charge in [0.2, 0.25) is 0 Å². The number of hydrogen-bond donors (Lipinski definition) is 3. The van der Waals surface area contributed by atoms with Gasteiger partial charge in [0.15, 0.2) is 0 Å². The Hall–Kier alpha value is -3.44. The van der Waals surface area contributed by atoms with Gasteiger partial charge in [0.25, 0.3) is 5.91 Å². The summed E-state index contributed by atoms with van der Waals surface area (Å²) in [7, 11) is 0. The molecule has 5 heteroatoms. The van der Waals surface area contributed by atoms with Crippen molar-refractivity contribution in [3.63, 3.8) is 0 Å². The lowest BCUT2D eigenvalue weighted by atomic mass is 9.87. The molecular formula is C26H26N4O.